The summed E-state index contributed by atoms with van der Waals surface area (Å²) in [6.07, 6.45) is 1.63. The molecule has 2 N–H and O–H groups in total. The molecule has 0 atom stereocenters. The quantitative estimate of drug-likeness (QED) is 0.375. The lowest BCUT2D eigenvalue weighted by atomic mass is 10.0. The van der Waals surface area contributed by atoms with Crippen molar-refractivity contribution < 1.29 is 9.66 Å². The Morgan fingerprint density at radius 3 is 2.72 bits per heavy atom. The Kier molecular flexibility index (Phi) is 4.82. The molecule has 7 nitrogen and oxygen atoms in total. The third kappa shape index (κ3) is 3.15. The van der Waals surface area contributed by atoms with Crippen LogP contribution in [0.2, 0.25) is 5.02 Å². The van der Waals surface area contributed by atoms with E-state index in [1.807, 2.05) is 13.0 Å². The van der Waals surface area contributed by atoms with Crippen molar-refractivity contribution in [1.29, 1.82) is 5.41 Å². The first kappa shape index (κ1) is 18.8. The largest absolute Gasteiger partial charge is 0.385 e. The van der Waals surface area contributed by atoms with Gasteiger partial charge in [-0.15, -0.1) is 0 Å². The van der Waals surface area contributed by atoms with Gasteiger partial charge in [-0.3, -0.25) is 15.2 Å². The molecule has 1 aromatic heterocycles. The number of anilines is 1. The van der Waals surface area contributed by atoms with Crippen molar-refractivity contribution >= 4 is 34.7 Å². The number of pyridine rings is 1. The summed E-state index contributed by atoms with van der Waals surface area (Å²) in [7, 11) is 0. The topological polar surface area (TPSA) is 89.2 Å². The summed E-state index contributed by atoms with van der Waals surface area (Å²) in [5.74, 6) is -0.768. The predicted molar refractivity (Wildman–Crippen MR) is 112 cm³/mol. The number of hydrogen-bond donors (Lipinski definition) is 2. The van der Waals surface area contributed by atoms with Gasteiger partial charge in [0.05, 0.1) is 15.6 Å². The van der Waals surface area contributed by atoms with Crippen molar-refractivity contribution in [3.05, 3.63) is 81.9 Å². The number of amides is 1. The number of amidine groups is 1. The zero-order chi connectivity index (χ0) is 20.5. The number of rotatable bonds is 4. The first-order valence-corrected chi connectivity index (χ1v) is 9.39. The fourth-order valence-corrected chi connectivity index (χ4v) is 3.49. The van der Waals surface area contributed by atoms with E-state index in [0.29, 0.717) is 38.9 Å². The van der Waals surface area contributed by atoms with E-state index in [0.717, 1.165) is 5.01 Å². The molecule has 2 heterocycles. The van der Waals surface area contributed by atoms with Gasteiger partial charge in [0, 0.05) is 35.6 Å². The smallest absolute Gasteiger partial charge is 0.327 e. The van der Waals surface area contributed by atoms with Gasteiger partial charge in [0.15, 0.2) is 4.87 Å². The van der Waals surface area contributed by atoms with Crippen LogP contribution < -0.4 is 5.32 Å². The molecule has 0 fully saturated rings. The van der Waals surface area contributed by atoms with Gasteiger partial charge in [0.2, 0.25) is 5.84 Å². The maximum atomic E-state index is 12.8. The van der Waals surface area contributed by atoms with E-state index in [1.54, 1.807) is 54.7 Å². The maximum absolute atomic E-state index is 12.8. The number of nitroso groups, excluding NO2 is 1. The standard InChI is InChI=1S/C21H17ClN5O2/c1-2-24-17-10-9-13(19-16(22)7-5-11-25-19)12-15(17)20(23)26-21(28)14-6-3-4-8-18(14)27(26)29/h3-12,23-24H,2H2,1H3/q+1. The number of aromatic nitrogens is 1. The number of fused-ring (bicyclic) bond motifs is 1. The second-order valence-electron chi connectivity index (χ2n) is 6.38. The second kappa shape index (κ2) is 7.44. The summed E-state index contributed by atoms with van der Waals surface area (Å²) < 4.78 is 0. The molecule has 2 aromatic carbocycles. The van der Waals surface area contributed by atoms with Crippen molar-refractivity contribution in [2.75, 3.05) is 11.9 Å². The molecule has 3 aromatic rings. The predicted octanol–water partition coefficient (Wildman–Crippen LogP) is 4.64. The van der Waals surface area contributed by atoms with Crippen LogP contribution in [0.25, 0.3) is 11.3 Å². The average Bonchev–Trinajstić information content (AvgIpc) is 2.99. The number of carbonyl (C=O) groups is 1. The van der Waals surface area contributed by atoms with Crippen LogP contribution in [0.5, 0.6) is 0 Å². The fourth-order valence-electron chi connectivity index (χ4n) is 3.26. The Labute approximate surface area is 172 Å². The van der Waals surface area contributed by atoms with Crippen LogP contribution in [-0.4, -0.2) is 33.1 Å². The summed E-state index contributed by atoms with van der Waals surface area (Å²) in [6, 6.07) is 15.3. The van der Waals surface area contributed by atoms with Gasteiger partial charge in [-0.05, 0) is 42.3 Å². The van der Waals surface area contributed by atoms with Crippen LogP contribution >= 0.6 is 11.6 Å². The lowest BCUT2D eigenvalue weighted by Gasteiger charge is -2.15. The third-order valence-corrected chi connectivity index (χ3v) is 4.91. The van der Waals surface area contributed by atoms with Gasteiger partial charge in [0.25, 0.3) is 0 Å². The lowest BCUT2D eigenvalue weighted by molar-refractivity contribution is -0.584. The van der Waals surface area contributed by atoms with Gasteiger partial charge in [0.1, 0.15) is 5.56 Å². The molecule has 0 saturated heterocycles. The van der Waals surface area contributed by atoms with E-state index in [4.69, 9.17) is 17.0 Å². The first-order chi connectivity index (χ1) is 14.0. The number of nitrogens with one attached hydrogen (secondary N) is 2. The second-order valence-corrected chi connectivity index (χ2v) is 6.79. The van der Waals surface area contributed by atoms with Crippen molar-refractivity contribution in [2.45, 2.75) is 6.92 Å². The highest BCUT2D eigenvalue weighted by Crippen LogP contribution is 2.33. The minimum atomic E-state index is -0.538. The van der Waals surface area contributed by atoms with Crippen LogP contribution in [0.4, 0.5) is 11.4 Å². The van der Waals surface area contributed by atoms with Gasteiger partial charge < -0.3 is 5.32 Å². The molecule has 1 aliphatic heterocycles. The highest BCUT2D eigenvalue weighted by Gasteiger charge is 2.47. The van der Waals surface area contributed by atoms with Gasteiger partial charge in [-0.1, -0.05) is 29.8 Å². The van der Waals surface area contributed by atoms with Gasteiger partial charge in [-0.25, -0.2) is 0 Å². The molecule has 1 amide bonds. The normalized spacial score (nSPS) is 12.8. The summed E-state index contributed by atoms with van der Waals surface area (Å²) in [5.41, 5.74) is 2.75. The molecule has 4 rings (SSSR count). The van der Waals surface area contributed by atoms with Crippen molar-refractivity contribution in [3.63, 3.8) is 0 Å². The lowest BCUT2D eigenvalue weighted by Crippen LogP contribution is -2.37. The number of halogens is 1. The molecular formula is C21H17ClN5O2+. The van der Waals surface area contributed by atoms with Crippen molar-refractivity contribution in [2.24, 2.45) is 0 Å². The van der Waals surface area contributed by atoms with E-state index in [-0.39, 0.29) is 17.1 Å². The molecule has 1 aliphatic rings. The molecule has 0 unspecified atom stereocenters. The number of hydrazine groups is 1. The van der Waals surface area contributed by atoms with E-state index >= 15 is 0 Å². The Balaban J connectivity index is 1.80. The summed E-state index contributed by atoms with van der Waals surface area (Å²) in [4.78, 5) is 30.3. The average molecular weight is 407 g/mol. The number of para-hydroxylation sites is 1. The Morgan fingerprint density at radius 1 is 1.21 bits per heavy atom. The molecular weight excluding hydrogens is 390 g/mol. The molecule has 8 heteroatoms. The Bertz CT molecular complexity index is 1130. The van der Waals surface area contributed by atoms with Gasteiger partial charge in [-0.2, -0.15) is 0 Å². The summed E-state index contributed by atoms with van der Waals surface area (Å²) in [6.45, 7) is 2.53. The maximum Gasteiger partial charge on any atom is 0.327 e. The first-order valence-electron chi connectivity index (χ1n) is 9.01. The van der Waals surface area contributed by atoms with E-state index in [1.165, 1.54) is 0 Å². The highest BCUT2D eigenvalue weighted by molar-refractivity contribution is 6.33. The van der Waals surface area contributed by atoms with Crippen LogP contribution in [-0.2, 0) is 0 Å². The Morgan fingerprint density at radius 2 is 2.00 bits per heavy atom. The monoisotopic (exact) mass is 406 g/mol. The minimum Gasteiger partial charge on any atom is -0.385 e. The van der Waals surface area contributed by atoms with Crippen LogP contribution in [0, 0.1) is 10.3 Å². The van der Waals surface area contributed by atoms with Crippen molar-refractivity contribution in [3.8, 4) is 11.3 Å². The number of nitrogens with zero attached hydrogens (tertiary/aromatic N) is 3. The van der Waals surface area contributed by atoms with E-state index in [2.05, 4.69) is 10.3 Å². The third-order valence-electron chi connectivity index (χ3n) is 4.60. The summed E-state index contributed by atoms with van der Waals surface area (Å²) >= 11 is 6.27. The molecule has 29 heavy (non-hydrogen) atoms. The molecule has 0 aliphatic carbocycles. The number of benzene rings is 2. The summed E-state index contributed by atoms with van der Waals surface area (Å²) in [5, 5.41) is 13.1. The van der Waals surface area contributed by atoms with Gasteiger partial charge >= 0.3 is 11.6 Å². The molecule has 0 radical (unpaired) electrons. The minimum absolute atomic E-state index is 0.219. The van der Waals surface area contributed by atoms with Crippen LogP contribution in [0.3, 0.4) is 0 Å². The zero-order valence-electron chi connectivity index (χ0n) is 15.5. The van der Waals surface area contributed by atoms with E-state index in [9.17, 15) is 9.70 Å². The number of hydrogen-bond acceptors (Lipinski definition) is 5. The Hall–Kier alpha value is -3.58. The fraction of sp³-hybridized carbons (Fsp3) is 0.0952. The molecule has 0 bridgehead atoms. The number of carbonyl (C=O) groups excluding carboxylic acids is 1. The molecule has 0 spiro atoms. The van der Waals surface area contributed by atoms with E-state index < -0.39 is 5.91 Å². The SMILES string of the molecule is CCNc1ccc(-c2ncccc2Cl)cc1C(=N)N1C(=O)c2ccccc2[N+]1=O. The highest BCUT2D eigenvalue weighted by atomic mass is 35.5. The van der Waals surface area contributed by atoms with Crippen LogP contribution in [0.15, 0.2) is 60.8 Å². The van der Waals surface area contributed by atoms with Crippen molar-refractivity contribution in [1.82, 2.24) is 9.99 Å². The zero-order valence-corrected chi connectivity index (χ0v) is 16.3. The molecule has 144 valence electrons. The van der Waals surface area contributed by atoms with Crippen LogP contribution in [0.1, 0.15) is 22.8 Å². The molecule has 0 saturated carbocycles.